The molecule has 0 bridgehead atoms. The Balaban J connectivity index is 2.06. The topological polar surface area (TPSA) is 83.1 Å². The van der Waals surface area contributed by atoms with Crippen molar-refractivity contribution >= 4 is 11.9 Å². The second kappa shape index (κ2) is 36.1. The molecule has 0 saturated carbocycles. The van der Waals surface area contributed by atoms with Crippen LogP contribution in [0.5, 0.6) is 11.5 Å². The summed E-state index contributed by atoms with van der Waals surface area (Å²) in [7, 11) is 1.94. The molecule has 7 heteroatoms. The molecule has 296 valence electrons. The molecule has 0 aliphatic heterocycles. The Morgan fingerprint density at radius 3 is 1.16 bits per heavy atom. The monoisotopic (exact) mass is 718 g/mol. The minimum absolute atomic E-state index is 0.0435. The fourth-order valence-corrected chi connectivity index (χ4v) is 6.28. The average molecular weight is 718 g/mol. The fraction of sp³-hybridized carbons (Fsp3) is 0.818. The highest BCUT2D eigenvalue weighted by Crippen LogP contribution is 2.24. The molecule has 0 heterocycles. The summed E-state index contributed by atoms with van der Waals surface area (Å²) >= 11 is 0. The van der Waals surface area contributed by atoms with E-state index in [1.165, 1.54) is 89.9 Å². The van der Waals surface area contributed by atoms with Gasteiger partial charge in [-0.3, -0.25) is 9.59 Å². The number of benzene rings is 1. The minimum Gasteiger partial charge on any atom is -0.493 e. The zero-order valence-electron chi connectivity index (χ0n) is 33.5. The van der Waals surface area contributed by atoms with Gasteiger partial charge in [-0.05, 0) is 89.0 Å². The van der Waals surface area contributed by atoms with Gasteiger partial charge in [-0.2, -0.15) is 0 Å². The van der Waals surface area contributed by atoms with Crippen molar-refractivity contribution in [1.82, 2.24) is 5.32 Å². The maximum atomic E-state index is 12.0. The van der Waals surface area contributed by atoms with E-state index in [2.05, 4.69) is 31.3 Å². The molecule has 0 aliphatic carbocycles. The first-order valence-electron chi connectivity index (χ1n) is 21.4. The summed E-state index contributed by atoms with van der Waals surface area (Å²) in [5.41, 5.74) is 1.14. The third-order valence-electron chi connectivity index (χ3n) is 9.43. The summed E-state index contributed by atoms with van der Waals surface area (Å²) in [6.07, 6.45) is 31.6. The lowest BCUT2D eigenvalue weighted by molar-refractivity contribution is -0.144. The number of carbonyl (C=O) groups excluding carboxylic acids is 2. The van der Waals surface area contributed by atoms with Crippen LogP contribution in [-0.4, -0.2) is 45.4 Å². The van der Waals surface area contributed by atoms with Crippen LogP contribution in [0.25, 0.3) is 0 Å². The fourth-order valence-electron chi connectivity index (χ4n) is 6.28. The van der Waals surface area contributed by atoms with Crippen molar-refractivity contribution in [3.63, 3.8) is 0 Å². The predicted octanol–water partition coefficient (Wildman–Crippen LogP) is 12.2. The second-order valence-corrected chi connectivity index (χ2v) is 14.5. The third-order valence-corrected chi connectivity index (χ3v) is 9.43. The number of nitrogens with one attached hydrogen (secondary N) is 1. The van der Waals surface area contributed by atoms with Crippen molar-refractivity contribution in [2.75, 3.05) is 33.5 Å². The van der Waals surface area contributed by atoms with Gasteiger partial charge in [0, 0.05) is 25.5 Å². The van der Waals surface area contributed by atoms with E-state index in [4.69, 9.17) is 18.9 Å². The first-order valence-corrected chi connectivity index (χ1v) is 21.4. The summed E-state index contributed by atoms with van der Waals surface area (Å²) in [6, 6.07) is 6.14. The minimum atomic E-state index is -0.0435. The van der Waals surface area contributed by atoms with E-state index in [9.17, 15) is 9.59 Å². The van der Waals surface area contributed by atoms with Gasteiger partial charge in [0.05, 0.1) is 26.4 Å². The molecule has 0 aromatic heterocycles. The standard InChI is InChI=1S/C44H79NO6/c1-4-6-8-10-12-14-16-18-24-30-43(46)50-34-28-22-20-26-32-48-41-36-40(39-45-3)37-42(38-41)49-33-27-21-23-29-35-51-44(47)31-25-19-17-15-13-11-9-7-5-2/h36-38,45H,4-35,39H2,1-3H3. The van der Waals surface area contributed by atoms with Crippen LogP contribution < -0.4 is 14.8 Å². The van der Waals surface area contributed by atoms with Crippen LogP contribution in [0.3, 0.4) is 0 Å². The summed E-state index contributed by atoms with van der Waals surface area (Å²) in [6.45, 7) is 7.62. The van der Waals surface area contributed by atoms with Gasteiger partial charge in [0.1, 0.15) is 11.5 Å². The Labute approximate surface area is 314 Å². The lowest BCUT2D eigenvalue weighted by Crippen LogP contribution is -2.07. The smallest absolute Gasteiger partial charge is 0.305 e. The van der Waals surface area contributed by atoms with E-state index in [0.29, 0.717) is 39.3 Å². The summed E-state index contributed by atoms with van der Waals surface area (Å²) < 4.78 is 23.0. The first-order chi connectivity index (χ1) is 25.1. The molecule has 1 aromatic rings. The maximum absolute atomic E-state index is 12.0. The molecular formula is C44H79NO6. The zero-order valence-corrected chi connectivity index (χ0v) is 33.5. The molecular weight excluding hydrogens is 638 g/mol. The Morgan fingerprint density at radius 1 is 0.451 bits per heavy atom. The van der Waals surface area contributed by atoms with E-state index in [0.717, 1.165) is 101 Å². The lowest BCUT2D eigenvalue weighted by Gasteiger charge is -2.13. The van der Waals surface area contributed by atoms with E-state index in [1.54, 1.807) is 0 Å². The van der Waals surface area contributed by atoms with E-state index < -0.39 is 0 Å². The molecule has 1 N–H and O–H groups in total. The highest BCUT2D eigenvalue weighted by Gasteiger charge is 2.06. The number of esters is 2. The van der Waals surface area contributed by atoms with E-state index in [-0.39, 0.29) is 11.9 Å². The Morgan fingerprint density at radius 2 is 0.784 bits per heavy atom. The van der Waals surface area contributed by atoms with Crippen LogP contribution in [0.2, 0.25) is 0 Å². The Bertz CT molecular complexity index is 870. The van der Waals surface area contributed by atoms with Gasteiger partial charge in [-0.25, -0.2) is 0 Å². The van der Waals surface area contributed by atoms with E-state index >= 15 is 0 Å². The first kappa shape index (κ1) is 46.7. The number of ether oxygens (including phenoxy) is 4. The molecule has 0 amide bonds. The largest absolute Gasteiger partial charge is 0.493 e. The van der Waals surface area contributed by atoms with Crippen molar-refractivity contribution in [2.45, 2.75) is 200 Å². The van der Waals surface area contributed by atoms with Crippen LogP contribution in [-0.2, 0) is 25.6 Å². The van der Waals surface area contributed by atoms with Crippen LogP contribution in [0.15, 0.2) is 18.2 Å². The summed E-state index contributed by atoms with van der Waals surface area (Å²) in [5, 5.41) is 3.22. The SMILES string of the molecule is CCCCCCCCCCCC(=O)OCCCCCCOc1cc(CNC)cc(OCCCCCCOC(=O)CCCCCCCCCCC)c1. The lowest BCUT2D eigenvalue weighted by atomic mass is 10.1. The van der Waals surface area contributed by atoms with Gasteiger partial charge < -0.3 is 24.3 Å². The van der Waals surface area contributed by atoms with Crippen LogP contribution in [0, 0.1) is 0 Å². The summed E-state index contributed by atoms with van der Waals surface area (Å²) in [5.74, 6) is 1.59. The maximum Gasteiger partial charge on any atom is 0.305 e. The summed E-state index contributed by atoms with van der Waals surface area (Å²) in [4.78, 5) is 24.0. The Kier molecular flexibility index (Phi) is 33.1. The quantitative estimate of drug-likeness (QED) is 0.0538. The highest BCUT2D eigenvalue weighted by molar-refractivity contribution is 5.69. The van der Waals surface area contributed by atoms with Crippen molar-refractivity contribution in [3.05, 3.63) is 23.8 Å². The molecule has 0 fully saturated rings. The van der Waals surface area contributed by atoms with Crippen LogP contribution in [0.4, 0.5) is 0 Å². The molecule has 0 radical (unpaired) electrons. The Hall–Kier alpha value is -2.28. The van der Waals surface area contributed by atoms with Crippen molar-refractivity contribution in [3.8, 4) is 11.5 Å². The van der Waals surface area contributed by atoms with Gasteiger partial charge in [0.15, 0.2) is 0 Å². The molecule has 0 spiro atoms. The number of unbranched alkanes of at least 4 members (excludes halogenated alkanes) is 22. The van der Waals surface area contributed by atoms with Gasteiger partial charge >= 0.3 is 11.9 Å². The average Bonchev–Trinajstić information content (AvgIpc) is 3.12. The number of rotatable bonds is 38. The molecule has 7 nitrogen and oxygen atoms in total. The van der Waals surface area contributed by atoms with E-state index in [1.807, 2.05) is 13.1 Å². The molecule has 51 heavy (non-hydrogen) atoms. The molecule has 0 aliphatic rings. The number of carbonyl (C=O) groups is 2. The van der Waals surface area contributed by atoms with Gasteiger partial charge in [-0.15, -0.1) is 0 Å². The zero-order chi connectivity index (χ0) is 36.9. The van der Waals surface area contributed by atoms with Gasteiger partial charge in [-0.1, -0.05) is 117 Å². The molecule has 0 saturated heterocycles. The van der Waals surface area contributed by atoms with Crippen molar-refractivity contribution < 1.29 is 28.5 Å². The second-order valence-electron chi connectivity index (χ2n) is 14.5. The number of hydrogen-bond acceptors (Lipinski definition) is 7. The normalized spacial score (nSPS) is 11.1. The van der Waals surface area contributed by atoms with Crippen LogP contribution >= 0.6 is 0 Å². The number of hydrogen-bond donors (Lipinski definition) is 1. The van der Waals surface area contributed by atoms with Gasteiger partial charge in [0.2, 0.25) is 0 Å². The highest BCUT2D eigenvalue weighted by atomic mass is 16.5. The molecule has 1 aromatic carbocycles. The third kappa shape index (κ3) is 31.0. The van der Waals surface area contributed by atoms with Crippen LogP contribution in [0.1, 0.15) is 199 Å². The molecule has 0 atom stereocenters. The van der Waals surface area contributed by atoms with Gasteiger partial charge in [0.25, 0.3) is 0 Å². The predicted molar refractivity (Wildman–Crippen MR) is 213 cm³/mol. The molecule has 1 rings (SSSR count). The van der Waals surface area contributed by atoms with Crippen molar-refractivity contribution in [1.29, 1.82) is 0 Å². The molecule has 0 unspecified atom stereocenters. The van der Waals surface area contributed by atoms with Crippen molar-refractivity contribution in [2.24, 2.45) is 0 Å².